The molecule has 0 aromatic heterocycles. The first kappa shape index (κ1) is 7.56. The van der Waals surface area contributed by atoms with Gasteiger partial charge < -0.3 is 4.90 Å². The zero-order valence-electron chi connectivity index (χ0n) is 6.72. The molecule has 10 heavy (non-hydrogen) atoms. The number of hydrogen-bond acceptors (Lipinski definition) is 2. The minimum absolute atomic E-state index is 0.509. The molecule has 0 bridgehead atoms. The summed E-state index contributed by atoms with van der Waals surface area (Å²) in [7, 11) is 0. The van der Waals surface area contributed by atoms with Crippen molar-refractivity contribution in [1.29, 1.82) is 5.26 Å². The van der Waals surface area contributed by atoms with E-state index in [4.69, 9.17) is 5.26 Å². The summed E-state index contributed by atoms with van der Waals surface area (Å²) in [5, 5.41) is 8.29. The van der Waals surface area contributed by atoms with Crippen molar-refractivity contribution in [2.24, 2.45) is 5.41 Å². The fourth-order valence-corrected chi connectivity index (χ4v) is 1.53. The second-order valence-corrected chi connectivity index (χ2v) is 3.78. The van der Waals surface area contributed by atoms with Crippen molar-refractivity contribution >= 4 is 0 Å². The third kappa shape index (κ3) is 1.71. The van der Waals surface area contributed by atoms with Crippen LogP contribution in [-0.2, 0) is 0 Å². The highest BCUT2D eigenvalue weighted by atomic mass is 15.2. The molecule has 0 unspecified atom stereocenters. The van der Waals surface area contributed by atoms with Gasteiger partial charge in [0, 0.05) is 26.1 Å². The Morgan fingerprint density at radius 3 is 2.50 bits per heavy atom. The number of hydrogen-bond donors (Lipinski definition) is 0. The monoisotopic (exact) mass is 138 g/mol. The Morgan fingerprint density at radius 1 is 1.50 bits per heavy atom. The molecule has 1 saturated heterocycles. The van der Waals surface area contributed by atoms with Crippen LogP contribution in [0.15, 0.2) is 0 Å². The summed E-state index contributed by atoms with van der Waals surface area (Å²) in [5.41, 5.74) is 0.509. The Balaban J connectivity index is 2.10. The van der Waals surface area contributed by atoms with Crippen molar-refractivity contribution in [2.75, 3.05) is 19.6 Å². The Kier molecular flexibility index (Phi) is 1.96. The average Bonchev–Trinajstić information content (AvgIpc) is 1.78. The molecule has 1 fully saturated rings. The van der Waals surface area contributed by atoms with Crippen LogP contribution in [0.5, 0.6) is 0 Å². The second kappa shape index (κ2) is 2.59. The minimum Gasteiger partial charge on any atom is -0.301 e. The van der Waals surface area contributed by atoms with Gasteiger partial charge in [-0.25, -0.2) is 0 Å². The highest BCUT2D eigenvalue weighted by molar-refractivity contribution is 4.88. The molecule has 0 N–H and O–H groups in total. The number of rotatable bonds is 2. The molecule has 2 nitrogen and oxygen atoms in total. The molecule has 0 radical (unpaired) electrons. The summed E-state index contributed by atoms with van der Waals surface area (Å²) in [4.78, 5) is 2.32. The van der Waals surface area contributed by atoms with Crippen LogP contribution in [0.25, 0.3) is 0 Å². The Hall–Kier alpha value is -0.550. The maximum Gasteiger partial charge on any atom is 0.0635 e. The Bertz CT molecular complexity index is 147. The van der Waals surface area contributed by atoms with Gasteiger partial charge >= 0.3 is 0 Å². The predicted octanol–water partition coefficient (Wildman–Crippen LogP) is 1.24. The van der Waals surface area contributed by atoms with Crippen molar-refractivity contribution in [2.45, 2.75) is 20.3 Å². The fraction of sp³-hybridized carbons (Fsp3) is 0.875. The molecule has 0 atom stereocenters. The van der Waals surface area contributed by atoms with Crippen molar-refractivity contribution in [1.82, 2.24) is 4.90 Å². The third-order valence-electron chi connectivity index (χ3n) is 1.84. The lowest BCUT2D eigenvalue weighted by molar-refractivity contribution is 0.0334. The molecule has 0 aliphatic carbocycles. The zero-order chi connectivity index (χ0) is 7.61. The molecular formula is C8H14N2. The molecule has 0 aromatic rings. The maximum absolute atomic E-state index is 8.29. The van der Waals surface area contributed by atoms with Gasteiger partial charge in [0.05, 0.1) is 6.07 Å². The largest absolute Gasteiger partial charge is 0.301 e. The number of nitrogens with zero attached hydrogens (tertiary/aromatic N) is 2. The third-order valence-corrected chi connectivity index (χ3v) is 1.84. The van der Waals surface area contributed by atoms with Crippen molar-refractivity contribution in [3.8, 4) is 6.07 Å². The van der Waals surface area contributed by atoms with Crippen molar-refractivity contribution in [3.05, 3.63) is 0 Å². The van der Waals surface area contributed by atoms with Gasteiger partial charge in [-0.1, -0.05) is 13.8 Å². The molecule has 0 saturated carbocycles. The summed E-state index contributed by atoms with van der Waals surface area (Å²) in [6.45, 7) is 7.80. The molecule has 1 aliphatic rings. The number of likely N-dealkylation sites (tertiary alicyclic amines) is 1. The first-order valence-electron chi connectivity index (χ1n) is 3.73. The van der Waals surface area contributed by atoms with E-state index >= 15 is 0 Å². The molecule has 0 spiro atoms. The van der Waals surface area contributed by atoms with Crippen LogP contribution >= 0.6 is 0 Å². The van der Waals surface area contributed by atoms with Gasteiger partial charge in [-0.2, -0.15) is 5.26 Å². The van der Waals surface area contributed by atoms with Crippen LogP contribution in [0.2, 0.25) is 0 Å². The van der Waals surface area contributed by atoms with E-state index in [9.17, 15) is 0 Å². The predicted molar refractivity (Wildman–Crippen MR) is 40.5 cm³/mol. The summed E-state index contributed by atoms with van der Waals surface area (Å²) in [6.07, 6.45) is 0.677. The van der Waals surface area contributed by atoms with Gasteiger partial charge in [-0.15, -0.1) is 0 Å². The summed E-state index contributed by atoms with van der Waals surface area (Å²) in [6, 6.07) is 2.15. The van der Waals surface area contributed by atoms with Gasteiger partial charge in [0.1, 0.15) is 0 Å². The molecule has 56 valence electrons. The first-order chi connectivity index (χ1) is 4.64. The Labute approximate surface area is 62.4 Å². The fourth-order valence-electron chi connectivity index (χ4n) is 1.53. The van der Waals surface area contributed by atoms with Crippen LogP contribution < -0.4 is 0 Å². The molecule has 0 aromatic carbocycles. The molecular weight excluding hydrogens is 124 g/mol. The SMILES string of the molecule is CC1(C)CN(CCC#N)C1. The Morgan fingerprint density at radius 2 is 2.10 bits per heavy atom. The van der Waals surface area contributed by atoms with Gasteiger partial charge in [0.2, 0.25) is 0 Å². The van der Waals surface area contributed by atoms with Crippen LogP contribution in [0.1, 0.15) is 20.3 Å². The summed E-state index contributed by atoms with van der Waals surface area (Å²) >= 11 is 0. The average molecular weight is 138 g/mol. The van der Waals surface area contributed by atoms with E-state index in [0.717, 1.165) is 19.6 Å². The van der Waals surface area contributed by atoms with Crippen molar-refractivity contribution in [3.63, 3.8) is 0 Å². The van der Waals surface area contributed by atoms with E-state index in [2.05, 4.69) is 24.8 Å². The van der Waals surface area contributed by atoms with Gasteiger partial charge in [0.15, 0.2) is 0 Å². The standard InChI is InChI=1S/C8H14N2/c1-8(2)6-10(7-8)5-3-4-9/h3,5-7H2,1-2H3. The molecule has 1 aliphatic heterocycles. The summed E-state index contributed by atoms with van der Waals surface area (Å²) < 4.78 is 0. The van der Waals surface area contributed by atoms with Gasteiger partial charge in [-0.05, 0) is 5.41 Å². The van der Waals surface area contributed by atoms with Crippen LogP contribution in [0, 0.1) is 16.7 Å². The minimum atomic E-state index is 0.509. The van der Waals surface area contributed by atoms with Crippen LogP contribution in [-0.4, -0.2) is 24.5 Å². The van der Waals surface area contributed by atoms with E-state index in [-0.39, 0.29) is 0 Å². The van der Waals surface area contributed by atoms with E-state index in [1.54, 1.807) is 0 Å². The van der Waals surface area contributed by atoms with Crippen LogP contribution in [0.3, 0.4) is 0 Å². The smallest absolute Gasteiger partial charge is 0.0635 e. The second-order valence-electron chi connectivity index (χ2n) is 3.78. The van der Waals surface area contributed by atoms with E-state index in [0.29, 0.717) is 11.8 Å². The lowest BCUT2D eigenvalue weighted by Crippen LogP contribution is -2.52. The lowest BCUT2D eigenvalue weighted by Gasteiger charge is -2.45. The quantitative estimate of drug-likeness (QED) is 0.574. The molecule has 0 amide bonds. The summed E-state index contributed by atoms with van der Waals surface area (Å²) in [5.74, 6) is 0. The van der Waals surface area contributed by atoms with E-state index in [1.165, 1.54) is 0 Å². The van der Waals surface area contributed by atoms with E-state index < -0.39 is 0 Å². The van der Waals surface area contributed by atoms with E-state index in [1.807, 2.05) is 0 Å². The first-order valence-corrected chi connectivity index (χ1v) is 3.73. The molecule has 1 rings (SSSR count). The van der Waals surface area contributed by atoms with Gasteiger partial charge in [0.25, 0.3) is 0 Å². The zero-order valence-corrected chi connectivity index (χ0v) is 6.72. The maximum atomic E-state index is 8.29. The van der Waals surface area contributed by atoms with Crippen molar-refractivity contribution < 1.29 is 0 Å². The molecule has 2 heteroatoms. The van der Waals surface area contributed by atoms with Crippen LogP contribution in [0.4, 0.5) is 0 Å². The molecule has 1 heterocycles. The normalized spacial score (nSPS) is 23.3. The number of nitriles is 1. The highest BCUT2D eigenvalue weighted by Crippen LogP contribution is 2.28. The highest BCUT2D eigenvalue weighted by Gasteiger charge is 2.32. The van der Waals surface area contributed by atoms with Gasteiger partial charge in [-0.3, -0.25) is 0 Å². The topological polar surface area (TPSA) is 27.0 Å². The lowest BCUT2D eigenvalue weighted by atomic mass is 9.84.